The van der Waals surface area contributed by atoms with E-state index in [0.717, 1.165) is 6.07 Å². The fourth-order valence-corrected chi connectivity index (χ4v) is 1.46. The molecule has 19 heavy (non-hydrogen) atoms. The zero-order valence-corrected chi connectivity index (χ0v) is 9.54. The van der Waals surface area contributed by atoms with Crippen LogP contribution >= 0.6 is 0 Å². The first-order valence-corrected chi connectivity index (χ1v) is 5.22. The van der Waals surface area contributed by atoms with Gasteiger partial charge in [0.25, 0.3) is 5.69 Å². The van der Waals surface area contributed by atoms with Gasteiger partial charge in [0.2, 0.25) is 0 Å². The zero-order chi connectivity index (χ0) is 13.8. The molecule has 0 amide bonds. The summed E-state index contributed by atoms with van der Waals surface area (Å²) in [5, 5.41) is 19.3. The Labute approximate surface area is 107 Å². The standard InChI is InChI=1S/C13H7FN2O3/c14-12-2-1-3-13(11(12)8-15)19-10-6-4-9(5-7-10)16(17)18/h1-7H. The molecule has 2 aromatic rings. The Balaban J connectivity index is 2.29. The Morgan fingerprint density at radius 3 is 2.47 bits per heavy atom. The Kier molecular flexibility index (Phi) is 3.39. The summed E-state index contributed by atoms with van der Waals surface area (Å²) in [6, 6.07) is 11.0. The number of hydrogen-bond donors (Lipinski definition) is 0. The first-order chi connectivity index (χ1) is 9.11. The largest absolute Gasteiger partial charge is 0.456 e. The summed E-state index contributed by atoms with van der Waals surface area (Å²) in [5.74, 6) is -0.328. The zero-order valence-electron chi connectivity index (χ0n) is 9.54. The molecule has 0 N–H and O–H groups in total. The summed E-state index contributed by atoms with van der Waals surface area (Å²) in [7, 11) is 0. The SMILES string of the molecule is N#Cc1c(F)cccc1Oc1ccc([N+](=O)[O-])cc1. The third-order valence-electron chi connectivity index (χ3n) is 2.36. The van der Waals surface area contributed by atoms with E-state index in [2.05, 4.69) is 0 Å². The highest BCUT2D eigenvalue weighted by Gasteiger charge is 2.10. The first-order valence-electron chi connectivity index (χ1n) is 5.22. The summed E-state index contributed by atoms with van der Waals surface area (Å²) in [4.78, 5) is 9.95. The molecule has 0 bridgehead atoms. The second-order valence-electron chi connectivity index (χ2n) is 3.58. The number of benzene rings is 2. The van der Waals surface area contributed by atoms with Gasteiger partial charge in [-0.15, -0.1) is 0 Å². The smallest absolute Gasteiger partial charge is 0.269 e. The number of nitro benzene ring substituents is 1. The minimum Gasteiger partial charge on any atom is -0.456 e. The monoisotopic (exact) mass is 258 g/mol. The van der Waals surface area contributed by atoms with Crippen LogP contribution in [0, 0.1) is 27.3 Å². The number of ether oxygens (including phenoxy) is 1. The molecule has 5 nitrogen and oxygen atoms in total. The Hall–Kier alpha value is -2.94. The quantitative estimate of drug-likeness (QED) is 0.624. The molecule has 0 unspecified atom stereocenters. The summed E-state index contributed by atoms with van der Waals surface area (Å²) in [6.45, 7) is 0. The van der Waals surface area contributed by atoms with Gasteiger partial charge in [0.15, 0.2) is 0 Å². The summed E-state index contributed by atoms with van der Waals surface area (Å²) < 4.78 is 18.7. The van der Waals surface area contributed by atoms with Gasteiger partial charge in [0.1, 0.15) is 28.9 Å². The number of halogens is 1. The first kappa shape index (κ1) is 12.5. The third kappa shape index (κ3) is 2.66. The van der Waals surface area contributed by atoms with E-state index in [0.29, 0.717) is 0 Å². The van der Waals surface area contributed by atoms with Gasteiger partial charge in [0, 0.05) is 12.1 Å². The molecular weight excluding hydrogens is 251 g/mol. The van der Waals surface area contributed by atoms with E-state index in [1.807, 2.05) is 0 Å². The van der Waals surface area contributed by atoms with E-state index >= 15 is 0 Å². The summed E-state index contributed by atoms with van der Waals surface area (Å²) in [5.41, 5.74) is -0.284. The highest BCUT2D eigenvalue weighted by Crippen LogP contribution is 2.27. The predicted molar refractivity (Wildman–Crippen MR) is 64.3 cm³/mol. The molecule has 0 atom stereocenters. The minimum atomic E-state index is -0.679. The highest BCUT2D eigenvalue weighted by atomic mass is 19.1. The molecule has 0 saturated carbocycles. The second kappa shape index (κ2) is 5.14. The Bertz CT molecular complexity index is 663. The molecule has 0 aliphatic carbocycles. The number of rotatable bonds is 3. The molecule has 2 rings (SSSR count). The van der Waals surface area contributed by atoms with Crippen molar-refractivity contribution >= 4 is 5.69 Å². The van der Waals surface area contributed by atoms with Crippen LogP contribution in [0.15, 0.2) is 42.5 Å². The molecule has 0 aromatic heterocycles. The van der Waals surface area contributed by atoms with Crippen LogP contribution in [0.3, 0.4) is 0 Å². The molecule has 0 radical (unpaired) electrons. The second-order valence-corrected chi connectivity index (χ2v) is 3.58. The average Bonchev–Trinajstić information content (AvgIpc) is 2.39. The van der Waals surface area contributed by atoms with Crippen molar-refractivity contribution in [3.05, 3.63) is 64.0 Å². The van der Waals surface area contributed by atoms with Crippen molar-refractivity contribution in [2.45, 2.75) is 0 Å². The van der Waals surface area contributed by atoms with Crippen molar-refractivity contribution in [2.75, 3.05) is 0 Å². The fourth-order valence-electron chi connectivity index (χ4n) is 1.46. The van der Waals surface area contributed by atoms with Gasteiger partial charge in [0.05, 0.1) is 4.92 Å². The maximum Gasteiger partial charge on any atom is 0.269 e. The van der Waals surface area contributed by atoms with Crippen LogP contribution in [0.25, 0.3) is 0 Å². The lowest BCUT2D eigenvalue weighted by molar-refractivity contribution is -0.384. The molecule has 2 aromatic carbocycles. The topological polar surface area (TPSA) is 76.2 Å². The Morgan fingerprint density at radius 2 is 1.89 bits per heavy atom. The summed E-state index contributed by atoms with van der Waals surface area (Å²) >= 11 is 0. The van der Waals surface area contributed by atoms with Gasteiger partial charge in [-0.05, 0) is 24.3 Å². The normalized spacial score (nSPS) is 9.68. The maximum atomic E-state index is 13.3. The van der Waals surface area contributed by atoms with E-state index in [-0.39, 0.29) is 22.7 Å². The molecule has 0 aliphatic rings. The number of nitrogens with zero attached hydrogens (tertiary/aromatic N) is 2. The van der Waals surface area contributed by atoms with Crippen molar-refractivity contribution in [3.63, 3.8) is 0 Å². The average molecular weight is 258 g/mol. The molecule has 0 spiro atoms. The summed E-state index contributed by atoms with van der Waals surface area (Å²) in [6.07, 6.45) is 0. The van der Waals surface area contributed by atoms with Gasteiger partial charge in [-0.25, -0.2) is 4.39 Å². The molecule has 0 heterocycles. The van der Waals surface area contributed by atoms with E-state index in [9.17, 15) is 14.5 Å². The third-order valence-corrected chi connectivity index (χ3v) is 2.36. The van der Waals surface area contributed by atoms with Crippen molar-refractivity contribution in [1.29, 1.82) is 5.26 Å². The van der Waals surface area contributed by atoms with Crippen molar-refractivity contribution < 1.29 is 14.1 Å². The van der Waals surface area contributed by atoms with Gasteiger partial charge in [-0.1, -0.05) is 6.07 Å². The molecule has 0 saturated heterocycles. The number of non-ortho nitro benzene ring substituents is 1. The molecule has 6 heteroatoms. The molecular formula is C13H7FN2O3. The molecule has 94 valence electrons. The predicted octanol–water partition coefficient (Wildman–Crippen LogP) is 3.40. The van der Waals surface area contributed by atoms with Gasteiger partial charge < -0.3 is 4.74 Å². The van der Waals surface area contributed by atoms with E-state index in [1.165, 1.54) is 36.4 Å². The Morgan fingerprint density at radius 1 is 1.21 bits per heavy atom. The van der Waals surface area contributed by atoms with Crippen LogP contribution < -0.4 is 4.74 Å². The highest BCUT2D eigenvalue weighted by molar-refractivity contribution is 5.47. The van der Waals surface area contributed by atoms with Crippen LogP contribution in [0.2, 0.25) is 0 Å². The lowest BCUT2D eigenvalue weighted by atomic mass is 10.2. The molecule has 0 aliphatic heterocycles. The van der Waals surface area contributed by atoms with Gasteiger partial charge in [-0.2, -0.15) is 5.26 Å². The van der Waals surface area contributed by atoms with Crippen LogP contribution in [-0.4, -0.2) is 4.92 Å². The van der Waals surface area contributed by atoms with Crippen molar-refractivity contribution in [1.82, 2.24) is 0 Å². The van der Waals surface area contributed by atoms with Crippen molar-refractivity contribution in [3.8, 4) is 17.6 Å². The number of nitriles is 1. The maximum absolute atomic E-state index is 13.3. The number of nitro groups is 1. The lowest BCUT2D eigenvalue weighted by Crippen LogP contribution is -1.92. The minimum absolute atomic E-state index is 0.0661. The van der Waals surface area contributed by atoms with Gasteiger partial charge >= 0.3 is 0 Å². The van der Waals surface area contributed by atoms with Crippen LogP contribution in [0.4, 0.5) is 10.1 Å². The van der Waals surface area contributed by atoms with E-state index in [1.54, 1.807) is 6.07 Å². The fraction of sp³-hybridized carbons (Fsp3) is 0. The lowest BCUT2D eigenvalue weighted by Gasteiger charge is -2.07. The van der Waals surface area contributed by atoms with Crippen molar-refractivity contribution in [2.24, 2.45) is 0 Å². The van der Waals surface area contributed by atoms with Crippen LogP contribution in [0.5, 0.6) is 11.5 Å². The van der Waals surface area contributed by atoms with E-state index in [4.69, 9.17) is 10.00 Å². The van der Waals surface area contributed by atoms with Crippen LogP contribution in [-0.2, 0) is 0 Å². The number of hydrogen-bond acceptors (Lipinski definition) is 4. The van der Waals surface area contributed by atoms with E-state index < -0.39 is 10.7 Å². The van der Waals surface area contributed by atoms with Gasteiger partial charge in [-0.3, -0.25) is 10.1 Å². The van der Waals surface area contributed by atoms with Crippen LogP contribution in [0.1, 0.15) is 5.56 Å². The molecule has 0 fully saturated rings.